The second-order valence-corrected chi connectivity index (χ2v) is 5.58. The molecule has 0 aromatic carbocycles. The lowest BCUT2D eigenvalue weighted by atomic mass is 10.3. The molecule has 0 aliphatic carbocycles. The topological polar surface area (TPSA) is 90.6 Å². The molecular formula is C8H8ClN5O2S. The minimum Gasteiger partial charge on any atom is -0.297 e. The van der Waals surface area contributed by atoms with Crippen LogP contribution in [0.15, 0.2) is 23.9 Å². The zero-order valence-electron chi connectivity index (χ0n) is 8.78. The second-order valence-electron chi connectivity index (χ2n) is 3.12. The van der Waals surface area contributed by atoms with Crippen molar-refractivity contribution in [2.75, 3.05) is 0 Å². The summed E-state index contributed by atoms with van der Waals surface area (Å²) in [6, 6.07) is 0. The average molecular weight is 274 g/mol. The summed E-state index contributed by atoms with van der Waals surface area (Å²) in [5.74, 6) is 0.368. The summed E-state index contributed by atoms with van der Waals surface area (Å²) in [5, 5.41) is 7.09. The quantitative estimate of drug-likeness (QED) is 0.764. The van der Waals surface area contributed by atoms with E-state index in [1.807, 2.05) is 0 Å². The lowest BCUT2D eigenvalue weighted by molar-refractivity contribution is 0.582. The Kier molecular flexibility index (Phi) is 3.07. The lowest BCUT2D eigenvalue weighted by Crippen LogP contribution is -2.06. The molecule has 90 valence electrons. The number of hydrogen-bond donors (Lipinski definition) is 0. The highest BCUT2D eigenvalue weighted by molar-refractivity contribution is 8.13. The fourth-order valence-electron chi connectivity index (χ4n) is 1.38. The van der Waals surface area contributed by atoms with E-state index in [-0.39, 0.29) is 5.16 Å². The molecule has 0 unspecified atom stereocenters. The highest BCUT2D eigenvalue weighted by Crippen LogP contribution is 2.20. The Labute approximate surface area is 102 Å². The largest absolute Gasteiger partial charge is 0.297 e. The SMILES string of the molecule is CCn1c(-c2cncnc2)nnc1S(=O)(=O)Cl. The standard InChI is InChI=1S/C8H8ClN5O2S/c1-2-14-7(6-3-10-5-11-4-6)12-13-8(14)17(9,15)16/h3-5H,2H2,1H3. The first-order chi connectivity index (χ1) is 8.04. The predicted octanol–water partition coefficient (Wildman–Crippen LogP) is 0.682. The van der Waals surface area contributed by atoms with Gasteiger partial charge in [0.25, 0.3) is 14.2 Å². The Hall–Kier alpha value is -1.54. The van der Waals surface area contributed by atoms with Crippen molar-refractivity contribution in [1.29, 1.82) is 0 Å². The van der Waals surface area contributed by atoms with Crippen molar-refractivity contribution in [3.63, 3.8) is 0 Å². The molecule has 2 heterocycles. The highest BCUT2D eigenvalue weighted by atomic mass is 35.7. The van der Waals surface area contributed by atoms with E-state index < -0.39 is 9.05 Å². The molecule has 2 aromatic rings. The maximum absolute atomic E-state index is 11.3. The third-order valence-electron chi connectivity index (χ3n) is 2.07. The lowest BCUT2D eigenvalue weighted by Gasteiger charge is -2.04. The Bertz CT molecular complexity index is 625. The fraction of sp³-hybridized carbons (Fsp3) is 0.250. The fourth-order valence-corrected chi connectivity index (χ4v) is 2.34. The number of rotatable bonds is 3. The third kappa shape index (κ3) is 2.27. The molecule has 0 aliphatic heterocycles. The van der Waals surface area contributed by atoms with E-state index in [9.17, 15) is 8.42 Å². The minimum atomic E-state index is -3.91. The molecule has 7 nitrogen and oxygen atoms in total. The van der Waals surface area contributed by atoms with Crippen LogP contribution >= 0.6 is 10.7 Å². The van der Waals surface area contributed by atoms with Gasteiger partial charge in [-0.15, -0.1) is 10.2 Å². The Morgan fingerprint density at radius 3 is 2.47 bits per heavy atom. The molecule has 17 heavy (non-hydrogen) atoms. The van der Waals surface area contributed by atoms with Crippen LogP contribution in [0.25, 0.3) is 11.4 Å². The molecule has 0 bridgehead atoms. The molecule has 0 spiro atoms. The van der Waals surface area contributed by atoms with E-state index in [2.05, 4.69) is 20.2 Å². The molecule has 0 radical (unpaired) electrons. The molecule has 0 N–H and O–H groups in total. The van der Waals surface area contributed by atoms with Crippen LogP contribution in [0.1, 0.15) is 6.92 Å². The Morgan fingerprint density at radius 2 is 1.94 bits per heavy atom. The first-order valence-corrected chi connectivity index (χ1v) is 6.98. The third-order valence-corrected chi connectivity index (χ3v) is 3.22. The zero-order valence-corrected chi connectivity index (χ0v) is 10.4. The molecule has 0 fully saturated rings. The van der Waals surface area contributed by atoms with Crippen molar-refractivity contribution < 1.29 is 8.42 Å². The van der Waals surface area contributed by atoms with Crippen molar-refractivity contribution >= 4 is 19.7 Å². The van der Waals surface area contributed by atoms with Gasteiger partial charge < -0.3 is 0 Å². The average Bonchev–Trinajstić information content (AvgIpc) is 2.73. The monoisotopic (exact) mass is 273 g/mol. The summed E-state index contributed by atoms with van der Waals surface area (Å²) in [4.78, 5) is 7.67. The van der Waals surface area contributed by atoms with Crippen molar-refractivity contribution in [1.82, 2.24) is 24.7 Å². The molecule has 0 amide bonds. The molecule has 9 heteroatoms. The van der Waals surface area contributed by atoms with Gasteiger partial charge in [0, 0.05) is 29.6 Å². The first-order valence-electron chi connectivity index (χ1n) is 4.67. The predicted molar refractivity (Wildman–Crippen MR) is 59.8 cm³/mol. The summed E-state index contributed by atoms with van der Waals surface area (Å²) in [6.45, 7) is 2.14. The van der Waals surface area contributed by atoms with Gasteiger partial charge in [0.2, 0.25) is 0 Å². The van der Waals surface area contributed by atoms with Gasteiger partial charge in [-0.05, 0) is 6.92 Å². The van der Waals surface area contributed by atoms with Gasteiger partial charge in [0.15, 0.2) is 5.82 Å². The molecular weight excluding hydrogens is 266 g/mol. The van der Waals surface area contributed by atoms with Crippen LogP contribution in [0, 0.1) is 0 Å². The van der Waals surface area contributed by atoms with E-state index in [0.717, 1.165) is 0 Å². The summed E-state index contributed by atoms with van der Waals surface area (Å²) < 4.78 is 23.9. The summed E-state index contributed by atoms with van der Waals surface area (Å²) in [6.07, 6.45) is 4.41. The van der Waals surface area contributed by atoms with Crippen LogP contribution in [0.5, 0.6) is 0 Å². The minimum absolute atomic E-state index is 0.277. The Balaban J connectivity index is 2.62. The van der Waals surface area contributed by atoms with Crippen LogP contribution in [-0.4, -0.2) is 33.2 Å². The number of halogens is 1. The maximum Gasteiger partial charge on any atom is 0.296 e. The van der Waals surface area contributed by atoms with Crippen LogP contribution in [0.2, 0.25) is 0 Å². The van der Waals surface area contributed by atoms with E-state index in [0.29, 0.717) is 17.9 Å². The second kappa shape index (κ2) is 4.38. The van der Waals surface area contributed by atoms with Gasteiger partial charge in [0.05, 0.1) is 5.56 Å². The van der Waals surface area contributed by atoms with Crippen LogP contribution in [0.4, 0.5) is 0 Å². The smallest absolute Gasteiger partial charge is 0.296 e. The van der Waals surface area contributed by atoms with Crippen LogP contribution in [0.3, 0.4) is 0 Å². The maximum atomic E-state index is 11.3. The van der Waals surface area contributed by atoms with E-state index in [1.165, 1.54) is 23.3 Å². The number of hydrogen-bond acceptors (Lipinski definition) is 6. The van der Waals surface area contributed by atoms with Crippen LogP contribution < -0.4 is 0 Å². The van der Waals surface area contributed by atoms with E-state index >= 15 is 0 Å². The first kappa shape index (κ1) is 11.9. The van der Waals surface area contributed by atoms with Crippen molar-refractivity contribution in [3.05, 3.63) is 18.7 Å². The van der Waals surface area contributed by atoms with Gasteiger partial charge in [-0.25, -0.2) is 18.4 Å². The van der Waals surface area contributed by atoms with Crippen molar-refractivity contribution in [2.24, 2.45) is 0 Å². The van der Waals surface area contributed by atoms with E-state index in [1.54, 1.807) is 6.92 Å². The molecule has 2 aromatic heterocycles. The van der Waals surface area contributed by atoms with Crippen molar-refractivity contribution in [3.8, 4) is 11.4 Å². The summed E-state index contributed by atoms with van der Waals surface area (Å²) in [5.41, 5.74) is 0.577. The normalized spacial score (nSPS) is 11.6. The number of nitrogens with zero attached hydrogens (tertiary/aromatic N) is 5. The molecule has 0 saturated carbocycles. The number of aromatic nitrogens is 5. The van der Waals surface area contributed by atoms with E-state index in [4.69, 9.17) is 10.7 Å². The van der Waals surface area contributed by atoms with Crippen LogP contribution in [-0.2, 0) is 15.6 Å². The summed E-state index contributed by atoms with van der Waals surface area (Å²) in [7, 11) is 1.35. The van der Waals surface area contributed by atoms with Gasteiger partial charge in [0.1, 0.15) is 6.33 Å². The Morgan fingerprint density at radius 1 is 1.29 bits per heavy atom. The van der Waals surface area contributed by atoms with Gasteiger partial charge in [-0.3, -0.25) is 4.57 Å². The summed E-state index contributed by atoms with van der Waals surface area (Å²) >= 11 is 0. The van der Waals surface area contributed by atoms with Gasteiger partial charge in [-0.1, -0.05) is 0 Å². The highest BCUT2D eigenvalue weighted by Gasteiger charge is 2.22. The molecule has 0 atom stereocenters. The van der Waals surface area contributed by atoms with Gasteiger partial charge in [-0.2, -0.15) is 0 Å². The zero-order chi connectivity index (χ0) is 12.5. The molecule has 2 rings (SSSR count). The van der Waals surface area contributed by atoms with Crippen molar-refractivity contribution in [2.45, 2.75) is 18.6 Å². The molecule has 0 aliphatic rings. The van der Waals surface area contributed by atoms with Gasteiger partial charge >= 0.3 is 0 Å². The molecule has 0 saturated heterocycles.